The fourth-order valence-corrected chi connectivity index (χ4v) is 4.52. The minimum Gasteiger partial charge on any atom is -0.496 e. The van der Waals surface area contributed by atoms with E-state index in [0.717, 1.165) is 17.9 Å². The molecule has 2 N–H and O–H groups in total. The van der Waals surface area contributed by atoms with E-state index in [9.17, 15) is 4.79 Å². The molecule has 1 aliphatic heterocycles. The number of methoxy groups -OCH3 is 2. The van der Waals surface area contributed by atoms with Crippen LogP contribution in [-0.2, 0) is 16.2 Å². The zero-order valence-corrected chi connectivity index (χ0v) is 16.8. The fraction of sp³-hybridized carbons (Fsp3) is 0.438. The topological polar surface area (TPSA) is 73.6 Å². The average molecular weight is 416 g/mol. The first-order valence-electron chi connectivity index (χ1n) is 8.05. The van der Waals surface area contributed by atoms with Crippen molar-refractivity contribution in [2.45, 2.75) is 11.9 Å². The summed E-state index contributed by atoms with van der Waals surface area (Å²) >= 11 is 13.1. The van der Waals surface area contributed by atoms with E-state index in [1.165, 1.54) is 12.0 Å². The molecule has 1 aromatic heterocycles. The molecule has 0 bridgehead atoms. The van der Waals surface area contributed by atoms with Crippen LogP contribution < -0.4 is 9.64 Å². The summed E-state index contributed by atoms with van der Waals surface area (Å²) < 4.78 is 12.5. The number of carbonyl (C=O) groups excluding carboxylic acids is 1. The number of nitrogens with one attached hydrogen (secondary N) is 2. The minimum atomic E-state index is -0.176. The molecule has 7 nitrogen and oxygen atoms in total. The number of benzene rings is 1. The standard InChI is InChI=1S/C16H19ClN4O3S2/c1-23-12-4-3-10(17)7-11(12)14-18-16(25)21(19-14)9-20-5-6-26-13(8-20)15(22)24-2/h3-4,7,13H,5-6,8-9H2,1-2H3,(H,18,19,25)/p+1/t13-/m1/s1. The third-order valence-corrected chi connectivity index (χ3v) is 5.94. The Morgan fingerprint density at radius 3 is 3.08 bits per heavy atom. The molecule has 1 aliphatic rings. The Bertz CT molecular complexity index is 854. The van der Waals surface area contributed by atoms with Crippen molar-refractivity contribution in [1.82, 2.24) is 14.8 Å². The number of carbonyl (C=O) groups is 1. The summed E-state index contributed by atoms with van der Waals surface area (Å²) in [5.74, 6) is 1.98. The van der Waals surface area contributed by atoms with Gasteiger partial charge in [-0.3, -0.25) is 9.89 Å². The van der Waals surface area contributed by atoms with Gasteiger partial charge in [0.25, 0.3) is 0 Å². The van der Waals surface area contributed by atoms with Gasteiger partial charge >= 0.3 is 5.97 Å². The number of nitrogens with zero attached hydrogens (tertiary/aromatic N) is 2. The van der Waals surface area contributed by atoms with Crippen molar-refractivity contribution in [3.8, 4) is 17.1 Å². The van der Waals surface area contributed by atoms with Crippen molar-refractivity contribution >= 4 is 41.6 Å². The van der Waals surface area contributed by atoms with Crippen LogP contribution in [0.5, 0.6) is 5.75 Å². The molecule has 1 saturated heterocycles. The predicted octanol–water partition coefficient (Wildman–Crippen LogP) is 1.40. The highest BCUT2D eigenvalue weighted by atomic mass is 35.5. The summed E-state index contributed by atoms with van der Waals surface area (Å²) in [6.45, 7) is 2.23. The number of ether oxygens (including phenoxy) is 2. The second kappa shape index (κ2) is 8.43. The van der Waals surface area contributed by atoms with Crippen LogP contribution in [0.4, 0.5) is 0 Å². The molecule has 2 heterocycles. The number of aromatic amines is 1. The van der Waals surface area contributed by atoms with Gasteiger partial charge < -0.3 is 14.4 Å². The number of quaternary nitrogens is 1. The second-order valence-corrected chi connectivity index (χ2v) is 7.98. The third-order valence-electron chi connectivity index (χ3n) is 4.19. The van der Waals surface area contributed by atoms with Crippen molar-refractivity contribution in [2.24, 2.45) is 0 Å². The van der Waals surface area contributed by atoms with E-state index in [2.05, 4.69) is 10.1 Å². The number of hydrogen-bond acceptors (Lipinski definition) is 6. The van der Waals surface area contributed by atoms with Crippen LogP contribution in [0, 0.1) is 4.77 Å². The normalized spacial score (nSPS) is 20.0. The number of thioether (sulfide) groups is 1. The van der Waals surface area contributed by atoms with Crippen LogP contribution in [0.1, 0.15) is 0 Å². The van der Waals surface area contributed by atoms with Gasteiger partial charge in [-0.2, -0.15) is 4.98 Å². The van der Waals surface area contributed by atoms with E-state index in [1.54, 1.807) is 37.1 Å². The smallest absolute Gasteiger partial charge is 0.324 e. The van der Waals surface area contributed by atoms with Gasteiger partial charge in [0.1, 0.15) is 12.3 Å². The van der Waals surface area contributed by atoms with E-state index in [0.29, 0.717) is 34.6 Å². The lowest BCUT2D eigenvalue weighted by atomic mass is 10.2. The molecule has 0 saturated carbocycles. The average Bonchev–Trinajstić information content (AvgIpc) is 3.01. The summed E-state index contributed by atoms with van der Waals surface area (Å²) in [4.78, 5) is 17.5. The quantitative estimate of drug-likeness (QED) is 0.568. The van der Waals surface area contributed by atoms with Crippen molar-refractivity contribution in [3.05, 3.63) is 28.0 Å². The maximum atomic E-state index is 11.8. The van der Waals surface area contributed by atoms with Crippen LogP contribution >= 0.6 is 35.6 Å². The minimum absolute atomic E-state index is 0.145. The van der Waals surface area contributed by atoms with E-state index >= 15 is 0 Å². The number of hydrogen-bond donors (Lipinski definition) is 2. The zero-order valence-electron chi connectivity index (χ0n) is 14.5. The summed E-state index contributed by atoms with van der Waals surface area (Å²) in [5.41, 5.74) is 0.751. The Hall–Kier alpha value is -1.55. The van der Waals surface area contributed by atoms with Gasteiger partial charge in [0.05, 0.1) is 26.3 Å². The number of halogens is 1. The molecule has 2 atom stereocenters. The summed E-state index contributed by atoms with van der Waals surface area (Å²) in [6.07, 6.45) is 0. The summed E-state index contributed by atoms with van der Waals surface area (Å²) in [6, 6.07) is 5.34. The van der Waals surface area contributed by atoms with Crippen molar-refractivity contribution < 1.29 is 19.2 Å². The van der Waals surface area contributed by atoms with Gasteiger partial charge in [-0.05, 0) is 30.4 Å². The molecule has 3 rings (SSSR count). The van der Waals surface area contributed by atoms with Crippen molar-refractivity contribution in [3.63, 3.8) is 0 Å². The number of esters is 1. The lowest BCUT2D eigenvalue weighted by Crippen LogP contribution is -3.14. The molecule has 1 fully saturated rings. The first-order valence-corrected chi connectivity index (χ1v) is 9.89. The molecule has 1 aromatic carbocycles. The number of aromatic nitrogens is 3. The van der Waals surface area contributed by atoms with E-state index in [4.69, 9.17) is 33.3 Å². The Kier molecular flexibility index (Phi) is 6.23. The molecular formula is C16H20ClN4O3S2+. The lowest BCUT2D eigenvalue weighted by molar-refractivity contribution is -0.921. The predicted molar refractivity (Wildman–Crippen MR) is 103 cm³/mol. The highest BCUT2D eigenvalue weighted by Gasteiger charge is 2.30. The fourth-order valence-electron chi connectivity index (χ4n) is 2.87. The van der Waals surface area contributed by atoms with Crippen LogP contribution in [0.3, 0.4) is 0 Å². The van der Waals surface area contributed by atoms with E-state index in [1.807, 2.05) is 4.68 Å². The zero-order chi connectivity index (χ0) is 18.7. The van der Waals surface area contributed by atoms with Crippen LogP contribution in [0.2, 0.25) is 5.02 Å². The molecular weight excluding hydrogens is 396 g/mol. The monoisotopic (exact) mass is 415 g/mol. The SMILES string of the molecule is COC(=O)[C@H]1C[NH+](Cn2[nH]c(-c3cc(Cl)ccc3OC)nc2=S)CCS1. The Balaban J connectivity index is 1.80. The van der Waals surface area contributed by atoms with Crippen LogP contribution in [0.15, 0.2) is 18.2 Å². The largest absolute Gasteiger partial charge is 0.496 e. The van der Waals surface area contributed by atoms with Gasteiger partial charge in [-0.15, -0.1) is 11.8 Å². The van der Waals surface area contributed by atoms with Gasteiger partial charge in [-0.1, -0.05) is 11.6 Å². The Morgan fingerprint density at radius 2 is 2.35 bits per heavy atom. The molecule has 26 heavy (non-hydrogen) atoms. The number of H-pyrrole nitrogens is 1. The Morgan fingerprint density at radius 1 is 1.54 bits per heavy atom. The molecule has 2 aromatic rings. The van der Waals surface area contributed by atoms with Gasteiger partial charge in [0, 0.05) is 10.8 Å². The summed E-state index contributed by atoms with van der Waals surface area (Å²) in [7, 11) is 3.02. The van der Waals surface area contributed by atoms with E-state index in [-0.39, 0.29) is 11.2 Å². The van der Waals surface area contributed by atoms with E-state index < -0.39 is 0 Å². The first-order chi connectivity index (χ1) is 12.5. The van der Waals surface area contributed by atoms with Crippen molar-refractivity contribution in [2.75, 3.05) is 33.1 Å². The second-order valence-electron chi connectivity index (χ2n) is 5.87. The highest BCUT2D eigenvalue weighted by molar-refractivity contribution is 8.00. The Labute approximate surface area is 165 Å². The molecule has 140 valence electrons. The molecule has 0 radical (unpaired) electrons. The molecule has 1 unspecified atom stereocenters. The molecule has 10 heteroatoms. The molecule has 0 amide bonds. The van der Waals surface area contributed by atoms with Crippen LogP contribution in [0.25, 0.3) is 11.4 Å². The lowest BCUT2D eigenvalue weighted by Gasteiger charge is -2.27. The van der Waals surface area contributed by atoms with Gasteiger partial charge in [0.15, 0.2) is 17.7 Å². The summed E-state index contributed by atoms with van der Waals surface area (Å²) in [5, 5.41) is 3.67. The van der Waals surface area contributed by atoms with Crippen molar-refractivity contribution in [1.29, 1.82) is 0 Å². The molecule has 0 spiro atoms. The third kappa shape index (κ3) is 4.22. The first kappa shape index (κ1) is 19.2. The number of rotatable bonds is 5. The van der Waals surface area contributed by atoms with Crippen LogP contribution in [-0.4, -0.2) is 59.0 Å². The highest BCUT2D eigenvalue weighted by Crippen LogP contribution is 2.30. The van der Waals surface area contributed by atoms with Gasteiger partial charge in [0.2, 0.25) is 4.77 Å². The maximum Gasteiger partial charge on any atom is 0.324 e. The molecule has 0 aliphatic carbocycles. The maximum absolute atomic E-state index is 11.8. The van der Waals surface area contributed by atoms with Gasteiger partial charge in [-0.25, -0.2) is 4.68 Å².